The first-order valence-electron chi connectivity index (χ1n) is 6.65. The smallest absolute Gasteiger partial charge is 0.353 e. The number of anilines is 1. The predicted molar refractivity (Wildman–Crippen MR) is 88.8 cm³/mol. The molecular formula is C16H11BrN2O4. The molecule has 23 heavy (non-hydrogen) atoms. The molecule has 0 radical (unpaired) electrons. The van der Waals surface area contributed by atoms with Crippen LogP contribution in [0.25, 0.3) is 11.0 Å². The van der Waals surface area contributed by atoms with Crippen LogP contribution in [0.3, 0.4) is 0 Å². The van der Waals surface area contributed by atoms with Crippen molar-refractivity contribution in [3.8, 4) is 5.75 Å². The Morgan fingerprint density at radius 2 is 2.09 bits per heavy atom. The Hall–Kier alpha value is -2.67. The molecule has 0 saturated heterocycles. The number of amides is 1. The highest BCUT2D eigenvalue weighted by molar-refractivity contribution is 9.10. The maximum Gasteiger partial charge on any atom is 0.353 e. The van der Waals surface area contributed by atoms with E-state index in [1.165, 1.54) is 6.20 Å². The van der Waals surface area contributed by atoms with E-state index in [2.05, 4.69) is 26.2 Å². The van der Waals surface area contributed by atoms with Crippen molar-refractivity contribution in [1.82, 2.24) is 4.98 Å². The lowest BCUT2D eigenvalue weighted by Crippen LogP contribution is -2.21. The van der Waals surface area contributed by atoms with Crippen molar-refractivity contribution in [2.24, 2.45) is 0 Å². The number of hydrogen-bond donors (Lipinski definition) is 2. The van der Waals surface area contributed by atoms with Gasteiger partial charge in [-0.05, 0) is 52.7 Å². The standard InChI is InChI=1S/C16H11BrN2O4/c1-8-2-4-10-11(6-8)23-16(22)13(14(10)20)15(21)19-12-5-3-9(17)7-18-12/h2-7,20H,1H3,(H,18,19,21). The van der Waals surface area contributed by atoms with Gasteiger partial charge < -0.3 is 14.8 Å². The summed E-state index contributed by atoms with van der Waals surface area (Å²) in [7, 11) is 0. The second-order valence-corrected chi connectivity index (χ2v) is 5.84. The lowest BCUT2D eigenvalue weighted by Gasteiger charge is -2.07. The lowest BCUT2D eigenvalue weighted by molar-refractivity contribution is 0.102. The van der Waals surface area contributed by atoms with E-state index in [0.717, 1.165) is 10.0 Å². The average molecular weight is 375 g/mol. The maximum absolute atomic E-state index is 12.3. The third-order valence-corrected chi connectivity index (χ3v) is 3.70. The van der Waals surface area contributed by atoms with Crippen LogP contribution in [0.4, 0.5) is 5.82 Å². The van der Waals surface area contributed by atoms with Crippen molar-refractivity contribution in [2.75, 3.05) is 5.32 Å². The molecule has 0 saturated carbocycles. The van der Waals surface area contributed by atoms with Crippen molar-refractivity contribution < 1.29 is 14.3 Å². The number of carbonyl (C=O) groups is 1. The minimum Gasteiger partial charge on any atom is -0.506 e. The number of hydrogen-bond acceptors (Lipinski definition) is 5. The minimum atomic E-state index is -0.907. The SMILES string of the molecule is Cc1ccc2c(O)c(C(=O)Nc3ccc(Br)cn3)c(=O)oc2c1. The number of pyridine rings is 1. The highest BCUT2D eigenvalue weighted by Crippen LogP contribution is 2.27. The van der Waals surface area contributed by atoms with Gasteiger partial charge >= 0.3 is 5.63 Å². The van der Waals surface area contributed by atoms with E-state index < -0.39 is 22.8 Å². The number of carbonyl (C=O) groups excluding carboxylic acids is 1. The molecule has 0 aliphatic rings. The van der Waals surface area contributed by atoms with Crippen molar-refractivity contribution in [3.63, 3.8) is 0 Å². The fourth-order valence-electron chi connectivity index (χ4n) is 2.12. The summed E-state index contributed by atoms with van der Waals surface area (Å²) in [6.45, 7) is 1.83. The summed E-state index contributed by atoms with van der Waals surface area (Å²) < 4.78 is 5.88. The minimum absolute atomic E-state index is 0.228. The molecule has 0 fully saturated rings. The second kappa shape index (κ2) is 5.85. The summed E-state index contributed by atoms with van der Waals surface area (Å²) in [5.74, 6) is -0.944. The molecule has 1 amide bonds. The molecule has 2 N–H and O–H groups in total. The normalized spacial score (nSPS) is 10.7. The van der Waals surface area contributed by atoms with E-state index in [9.17, 15) is 14.7 Å². The first-order chi connectivity index (χ1) is 11.0. The number of aromatic hydroxyl groups is 1. The molecule has 3 rings (SSSR count). The molecule has 2 aromatic heterocycles. The van der Waals surface area contributed by atoms with Crippen LogP contribution in [0.15, 0.2) is 50.2 Å². The van der Waals surface area contributed by atoms with Gasteiger partial charge in [0, 0.05) is 10.7 Å². The van der Waals surface area contributed by atoms with Crippen molar-refractivity contribution in [3.05, 3.63) is 62.5 Å². The number of rotatable bonds is 2. The Bertz CT molecular complexity index is 964. The molecule has 0 spiro atoms. The zero-order valence-electron chi connectivity index (χ0n) is 12.0. The Morgan fingerprint density at radius 3 is 2.78 bits per heavy atom. The summed E-state index contributed by atoms with van der Waals surface area (Å²) in [5.41, 5.74) is -0.261. The van der Waals surface area contributed by atoms with Crippen molar-refractivity contribution in [1.29, 1.82) is 0 Å². The Morgan fingerprint density at radius 1 is 1.30 bits per heavy atom. The summed E-state index contributed by atoms with van der Waals surface area (Å²) in [4.78, 5) is 28.3. The van der Waals surface area contributed by atoms with Gasteiger partial charge in [-0.1, -0.05) is 6.07 Å². The number of aromatic nitrogens is 1. The molecule has 2 heterocycles. The third-order valence-electron chi connectivity index (χ3n) is 3.23. The summed E-state index contributed by atoms with van der Waals surface area (Å²) in [6, 6.07) is 8.21. The largest absolute Gasteiger partial charge is 0.506 e. The van der Waals surface area contributed by atoms with E-state index in [1.54, 1.807) is 30.3 Å². The summed E-state index contributed by atoms with van der Waals surface area (Å²) in [6.07, 6.45) is 1.50. The molecule has 0 unspecified atom stereocenters. The predicted octanol–water partition coefficient (Wildman–Crippen LogP) is 3.22. The highest BCUT2D eigenvalue weighted by Gasteiger charge is 2.21. The highest BCUT2D eigenvalue weighted by atomic mass is 79.9. The van der Waals surface area contributed by atoms with Crippen LogP contribution in [0, 0.1) is 6.92 Å². The molecule has 116 valence electrons. The van der Waals surface area contributed by atoms with E-state index >= 15 is 0 Å². The fraction of sp³-hybridized carbons (Fsp3) is 0.0625. The van der Waals surface area contributed by atoms with E-state index in [4.69, 9.17) is 4.42 Å². The Kier molecular flexibility index (Phi) is 3.87. The molecule has 0 aliphatic carbocycles. The average Bonchev–Trinajstić information content (AvgIpc) is 2.49. The van der Waals surface area contributed by atoms with Gasteiger partial charge in [0.25, 0.3) is 5.91 Å². The van der Waals surface area contributed by atoms with Crippen LogP contribution in [0.2, 0.25) is 0 Å². The Balaban J connectivity index is 2.05. The van der Waals surface area contributed by atoms with Gasteiger partial charge in [-0.3, -0.25) is 4.79 Å². The molecule has 0 bridgehead atoms. The molecular weight excluding hydrogens is 364 g/mol. The van der Waals surface area contributed by atoms with E-state index in [-0.39, 0.29) is 11.4 Å². The third kappa shape index (κ3) is 2.95. The van der Waals surface area contributed by atoms with Crippen molar-refractivity contribution in [2.45, 2.75) is 6.92 Å². The Labute approximate surface area is 138 Å². The van der Waals surface area contributed by atoms with Crippen LogP contribution < -0.4 is 10.9 Å². The van der Waals surface area contributed by atoms with Crippen LogP contribution in [-0.2, 0) is 0 Å². The number of benzene rings is 1. The summed E-state index contributed by atoms with van der Waals surface area (Å²) >= 11 is 3.23. The number of fused-ring (bicyclic) bond motifs is 1. The van der Waals surface area contributed by atoms with Crippen LogP contribution >= 0.6 is 15.9 Å². The summed E-state index contributed by atoms with van der Waals surface area (Å²) in [5, 5.41) is 13.0. The monoisotopic (exact) mass is 374 g/mol. The molecule has 7 heteroatoms. The lowest BCUT2D eigenvalue weighted by atomic mass is 10.1. The first-order valence-corrected chi connectivity index (χ1v) is 7.44. The number of halogens is 1. The molecule has 0 atom stereocenters. The zero-order chi connectivity index (χ0) is 16.6. The maximum atomic E-state index is 12.3. The van der Waals surface area contributed by atoms with Gasteiger partial charge in [0.05, 0.1) is 5.39 Å². The molecule has 3 aromatic rings. The number of nitrogens with zero attached hydrogens (tertiary/aromatic N) is 1. The fourth-order valence-corrected chi connectivity index (χ4v) is 2.36. The molecule has 6 nitrogen and oxygen atoms in total. The van der Waals surface area contributed by atoms with Gasteiger partial charge in [0.1, 0.15) is 17.2 Å². The van der Waals surface area contributed by atoms with Crippen molar-refractivity contribution >= 4 is 38.6 Å². The molecule has 0 aliphatic heterocycles. The quantitative estimate of drug-likeness (QED) is 0.671. The van der Waals surface area contributed by atoms with Gasteiger partial charge in [0.15, 0.2) is 5.56 Å². The number of nitrogens with one attached hydrogen (secondary N) is 1. The van der Waals surface area contributed by atoms with Gasteiger partial charge in [-0.15, -0.1) is 0 Å². The molecule has 1 aromatic carbocycles. The van der Waals surface area contributed by atoms with E-state index in [0.29, 0.717) is 5.39 Å². The van der Waals surface area contributed by atoms with Gasteiger partial charge in [-0.25, -0.2) is 9.78 Å². The topological polar surface area (TPSA) is 92.4 Å². The van der Waals surface area contributed by atoms with Crippen LogP contribution in [0.1, 0.15) is 15.9 Å². The van der Waals surface area contributed by atoms with E-state index in [1.807, 2.05) is 6.92 Å². The zero-order valence-corrected chi connectivity index (χ0v) is 13.5. The first kappa shape index (κ1) is 15.2. The van der Waals surface area contributed by atoms with Crippen LogP contribution in [0.5, 0.6) is 5.75 Å². The van der Waals surface area contributed by atoms with Gasteiger partial charge in [0.2, 0.25) is 0 Å². The second-order valence-electron chi connectivity index (χ2n) is 4.93. The van der Waals surface area contributed by atoms with Gasteiger partial charge in [-0.2, -0.15) is 0 Å². The number of aryl methyl sites for hydroxylation is 1. The van der Waals surface area contributed by atoms with Crippen LogP contribution in [-0.4, -0.2) is 16.0 Å².